The van der Waals surface area contributed by atoms with E-state index < -0.39 is 51.1 Å². The van der Waals surface area contributed by atoms with E-state index in [0.29, 0.717) is 12.8 Å². The zero-order chi connectivity index (χ0) is 41.4. The molecular formula is C44H78NO10P. The van der Waals surface area contributed by atoms with Crippen LogP contribution in [0.3, 0.4) is 0 Å². The Kier molecular flexibility index (Phi) is 37.5. The topological polar surface area (TPSA) is 172 Å². The van der Waals surface area contributed by atoms with Gasteiger partial charge in [0.2, 0.25) is 0 Å². The van der Waals surface area contributed by atoms with Crippen molar-refractivity contribution in [3.8, 4) is 0 Å². The van der Waals surface area contributed by atoms with Crippen LogP contribution in [0.25, 0.3) is 0 Å². The van der Waals surface area contributed by atoms with Crippen molar-refractivity contribution in [3.05, 3.63) is 48.6 Å². The maximum absolute atomic E-state index is 12.6. The summed E-state index contributed by atoms with van der Waals surface area (Å²) in [5, 5.41) is 8.88. The standard InChI is InChI=1S/C44H78NO10P/c1-3-5-7-9-11-13-15-17-19-20-22-23-25-27-29-31-33-35-42(46)52-37-40(38-53-56(50,51)54-39-41(45)44(48)49)55-43(47)36-34-32-30-28-26-24-21-18-16-14-12-10-8-6-4-2/h11,13-14,16-17,19,22-23,40-41H,3-10,12,15,18,20-21,24-39,45H2,1-2H3,(H,48,49)(H,50,51)/b13-11-,16-14-,19-17-,23-22-/t40-,41+/m1/s1. The molecule has 0 spiro atoms. The van der Waals surface area contributed by atoms with Gasteiger partial charge >= 0.3 is 25.7 Å². The van der Waals surface area contributed by atoms with Gasteiger partial charge in [0.05, 0.1) is 13.2 Å². The monoisotopic (exact) mass is 812 g/mol. The molecule has 0 amide bonds. The van der Waals surface area contributed by atoms with E-state index in [2.05, 4.69) is 67.0 Å². The number of esters is 2. The summed E-state index contributed by atoms with van der Waals surface area (Å²) in [4.78, 5) is 45.9. The lowest BCUT2D eigenvalue weighted by molar-refractivity contribution is -0.161. The molecule has 0 heterocycles. The fraction of sp³-hybridized carbons (Fsp3) is 0.750. The highest BCUT2D eigenvalue weighted by Crippen LogP contribution is 2.43. The number of aliphatic carboxylic acids is 1. The Bertz CT molecular complexity index is 1140. The summed E-state index contributed by atoms with van der Waals surface area (Å²) < 4.78 is 32.7. The predicted molar refractivity (Wildman–Crippen MR) is 226 cm³/mol. The second-order valence-corrected chi connectivity index (χ2v) is 15.9. The minimum atomic E-state index is -4.72. The van der Waals surface area contributed by atoms with Crippen LogP contribution in [0.4, 0.5) is 0 Å². The molecule has 0 bridgehead atoms. The Morgan fingerprint density at radius 3 is 1.46 bits per heavy atom. The SMILES string of the molecule is CCCCC/C=C\C/C=C\C/C=C\CCCCCCC(=O)OC[C@H](COP(=O)(O)OC[C@H](N)C(=O)O)OC(=O)CCCCCCCCC/C=C\CCCCCC. The maximum atomic E-state index is 12.6. The molecule has 3 atom stereocenters. The highest BCUT2D eigenvalue weighted by molar-refractivity contribution is 7.47. The number of ether oxygens (including phenoxy) is 2. The van der Waals surface area contributed by atoms with Gasteiger partial charge in [0, 0.05) is 12.8 Å². The highest BCUT2D eigenvalue weighted by Gasteiger charge is 2.28. The van der Waals surface area contributed by atoms with E-state index in [9.17, 15) is 23.8 Å². The van der Waals surface area contributed by atoms with Crippen molar-refractivity contribution in [2.75, 3.05) is 19.8 Å². The van der Waals surface area contributed by atoms with Crippen molar-refractivity contribution in [2.24, 2.45) is 5.73 Å². The van der Waals surface area contributed by atoms with Crippen LogP contribution in [0, 0.1) is 0 Å². The molecule has 0 rings (SSSR count). The summed E-state index contributed by atoms with van der Waals surface area (Å²) in [7, 11) is -4.72. The Balaban J connectivity index is 4.42. The summed E-state index contributed by atoms with van der Waals surface area (Å²) in [5.41, 5.74) is 5.33. The number of carboxylic acids is 1. The molecule has 0 aromatic carbocycles. The predicted octanol–water partition coefficient (Wildman–Crippen LogP) is 11.4. The number of carbonyl (C=O) groups excluding carboxylic acids is 2. The van der Waals surface area contributed by atoms with E-state index >= 15 is 0 Å². The van der Waals surface area contributed by atoms with Gasteiger partial charge in [-0.15, -0.1) is 0 Å². The smallest absolute Gasteiger partial charge is 0.472 e. The number of carboxylic acid groups (broad SMARTS) is 1. The number of hydrogen-bond acceptors (Lipinski definition) is 9. The van der Waals surface area contributed by atoms with Gasteiger partial charge < -0.3 is 25.2 Å². The zero-order valence-electron chi connectivity index (χ0n) is 35.0. The average Bonchev–Trinajstić information content (AvgIpc) is 3.17. The van der Waals surface area contributed by atoms with Crippen LogP contribution in [0.5, 0.6) is 0 Å². The molecule has 0 aromatic rings. The van der Waals surface area contributed by atoms with Crippen molar-refractivity contribution in [1.29, 1.82) is 0 Å². The third kappa shape index (κ3) is 38.3. The Hall–Kier alpha value is -2.56. The van der Waals surface area contributed by atoms with Crippen molar-refractivity contribution in [1.82, 2.24) is 0 Å². The molecule has 0 aliphatic heterocycles. The molecule has 0 fully saturated rings. The second-order valence-electron chi connectivity index (χ2n) is 14.5. The number of phosphoric acid groups is 1. The van der Waals surface area contributed by atoms with Crippen LogP contribution < -0.4 is 5.73 Å². The zero-order valence-corrected chi connectivity index (χ0v) is 35.9. The van der Waals surface area contributed by atoms with Gasteiger partial charge in [-0.05, 0) is 77.0 Å². The van der Waals surface area contributed by atoms with Gasteiger partial charge in [-0.1, -0.05) is 140 Å². The molecular weight excluding hydrogens is 733 g/mol. The fourth-order valence-electron chi connectivity index (χ4n) is 5.59. The summed E-state index contributed by atoms with van der Waals surface area (Å²) in [6, 6.07) is -1.53. The lowest BCUT2D eigenvalue weighted by Crippen LogP contribution is -2.34. The molecule has 0 aliphatic rings. The summed E-state index contributed by atoms with van der Waals surface area (Å²) in [6.45, 7) is 2.73. The van der Waals surface area contributed by atoms with E-state index in [1.165, 1.54) is 64.2 Å². The molecule has 0 radical (unpaired) electrons. The molecule has 0 saturated carbocycles. The molecule has 11 nitrogen and oxygen atoms in total. The van der Waals surface area contributed by atoms with Crippen molar-refractivity contribution >= 4 is 25.7 Å². The van der Waals surface area contributed by atoms with Crippen LogP contribution in [0.1, 0.15) is 181 Å². The molecule has 56 heavy (non-hydrogen) atoms. The lowest BCUT2D eigenvalue weighted by atomic mass is 10.1. The van der Waals surface area contributed by atoms with E-state index in [1.54, 1.807) is 0 Å². The minimum absolute atomic E-state index is 0.150. The summed E-state index contributed by atoms with van der Waals surface area (Å²) in [6.07, 6.45) is 43.1. The number of unbranched alkanes of at least 4 members (excludes halogenated alkanes) is 18. The van der Waals surface area contributed by atoms with E-state index in [-0.39, 0.29) is 19.4 Å². The number of rotatable bonds is 40. The summed E-state index contributed by atoms with van der Waals surface area (Å²) in [5.74, 6) is -2.41. The van der Waals surface area contributed by atoms with Gasteiger partial charge in [-0.2, -0.15) is 0 Å². The van der Waals surface area contributed by atoms with Crippen LogP contribution >= 0.6 is 7.82 Å². The average molecular weight is 812 g/mol. The Morgan fingerprint density at radius 2 is 0.946 bits per heavy atom. The minimum Gasteiger partial charge on any atom is -0.480 e. The number of carbonyl (C=O) groups is 3. The number of hydrogen-bond donors (Lipinski definition) is 3. The first-order valence-corrected chi connectivity index (χ1v) is 23.2. The van der Waals surface area contributed by atoms with Crippen molar-refractivity contribution in [3.63, 3.8) is 0 Å². The second kappa shape index (κ2) is 39.3. The molecule has 0 aromatic heterocycles. The normalized spacial score (nSPS) is 14.2. The third-order valence-electron chi connectivity index (χ3n) is 9.05. The molecule has 0 aliphatic carbocycles. The van der Waals surface area contributed by atoms with Crippen LogP contribution in [-0.4, -0.2) is 59.9 Å². The molecule has 4 N–H and O–H groups in total. The first-order valence-electron chi connectivity index (χ1n) is 21.7. The Labute approximate surface area is 339 Å². The van der Waals surface area contributed by atoms with Crippen LogP contribution in [-0.2, 0) is 37.5 Å². The number of phosphoric ester groups is 1. The first-order chi connectivity index (χ1) is 27.1. The van der Waals surface area contributed by atoms with E-state index in [4.69, 9.17) is 24.8 Å². The van der Waals surface area contributed by atoms with Gasteiger partial charge in [0.25, 0.3) is 0 Å². The molecule has 324 valence electrons. The van der Waals surface area contributed by atoms with E-state index in [0.717, 1.165) is 77.0 Å². The Morgan fingerprint density at radius 1 is 0.554 bits per heavy atom. The fourth-order valence-corrected chi connectivity index (χ4v) is 6.37. The van der Waals surface area contributed by atoms with Gasteiger partial charge in [0.15, 0.2) is 6.10 Å². The van der Waals surface area contributed by atoms with Crippen LogP contribution in [0.15, 0.2) is 48.6 Å². The highest BCUT2D eigenvalue weighted by atomic mass is 31.2. The quantitative estimate of drug-likeness (QED) is 0.0233. The van der Waals surface area contributed by atoms with Crippen molar-refractivity contribution in [2.45, 2.75) is 193 Å². The van der Waals surface area contributed by atoms with Crippen molar-refractivity contribution < 1.29 is 47.5 Å². The summed E-state index contributed by atoms with van der Waals surface area (Å²) >= 11 is 0. The van der Waals surface area contributed by atoms with Gasteiger partial charge in [-0.25, -0.2) is 4.57 Å². The van der Waals surface area contributed by atoms with Gasteiger partial charge in [-0.3, -0.25) is 23.4 Å². The maximum Gasteiger partial charge on any atom is 0.472 e. The number of nitrogens with two attached hydrogens (primary N) is 1. The first kappa shape index (κ1) is 53.4. The van der Waals surface area contributed by atoms with Crippen LogP contribution in [0.2, 0.25) is 0 Å². The third-order valence-corrected chi connectivity index (χ3v) is 10.0. The number of allylic oxidation sites excluding steroid dienone is 8. The molecule has 12 heteroatoms. The molecule has 0 saturated heterocycles. The van der Waals surface area contributed by atoms with Gasteiger partial charge in [0.1, 0.15) is 12.6 Å². The van der Waals surface area contributed by atoms with E-state index in [1.807, 2.05) is 0 Å². The molecule has 1 unspecified atom stereocenters. The lowest BCUT2D eigenvalue weighted by Gasteiger charge is -2.20. The largest absolute Gasteiger partial charge is 0.480 e.